The third-order valence-electron chi connectivity index (χ3n) is 6.60. The third kappa shape index (κ3) is 4.42. The van der Waals surface area contributed by atoms with Crippen LogP contribution in [0.2, 0.25) is 0 Å². The van der Waals surface area contributed by atoms with Crippen molar-refractivity contribution in [3.63, 3.8) is 0 Å². The van der Waals surface area contributed by atoms with Crippen LogP contribution in [0.15, 0.2) is 83.8 Å². The maximum absolute atomic E-state index is 13.0. The number of para-hydroxylation sites is 1. The summed E-state index contributed by atoms with van der Waals surface area (Å²) in [6, 6.07) is 20.2. The van der Waals surface area contributed by atoms with E-state index in [0.29, 0.717) is 38.0 Å². The van der Waals surface area contributed by atoms with Crippen LogP contribution < -0.4 is 5.32 Å². The summed E-state index contributed by atoms with van der Waals surface area (Å²) in [5.41, 5.74) is 4.00. The number of rotatable bonds is 6. The predicted octanol–water partition coefficient (Wildman–Crippen LogP) is 4.56. The van der Waals surface area contributed by atoms with Gasteiger partial charge in [-0.2, -0.15) is 0 Å². The van der Waals surface area contributed by atoms with Crippen molar-refractivity contribution in [1.82, 2.24) is 15.2 Å². The van der Waals surface area contributed by atoms with E-state index < -0.39 is 0 Å². The van der Waals surface area contributed by atoms with Crippen molar-refractivity contribution in [1.29, 1.82) is 0 Å². The molecule has 4 aromatic rings. The van der Waals surface area contributed by atoms with E-state index in [4.69, 9.17) is 4.42 Å². The second-order valence-corrected chi connectivity index (χ2v) is 8.58. The summed E-state index contributed by atoms with van der Waals surface area (Å²) in [6.07, 6.45) is 6.35. The number of furan rings is 1. The zero-order valence-corrected chi connectivity index (χ0v) is 18.4. The van der Waals surface area contributed by atoms with Gasteiger partial charge in [-0.25, -0.2) is 0 Å². The highest BCUT2D eigenvalue weighted by Crippen LogP contribution is 2.30. The van der Waals surface area contributed by atoms with Gasteiger partial charge >= 0.3 is 0 Å². The first kappa shape index (κ1) is 21.1. The third-order valence-corrected chi connectivity index (χ3v) is 6.60. The van der Waals surface area contributed by atoms with Gasteiger partial charge in [0.2, 0.25) is 5.91 Å². The van der Waals surface area contributed by atoms with Crippen LogP contribution in [0.25, 0.3) is 10.9 Å². The average molecular weight is 442 g/mol. The van der Waals surface area contributed by atoms with Crippen LogP contribution in [0, 0.1) is 5.92 Å². The number of hydrogen-bond acceptors (Lipinski definition) is 3. The number of carbonyl (C=O) groups excluding carboxylic acids is 2. The summed E-state index contributed by atoms with van der Waals surface area (Å²) in [5.74, 6) is -0.0101. The van der Waals surface area contributed by atoms with Gasteiger partial charge in [0.05, 0.1) is 11.8 Å². The van der Waals surface area contributed by atoms with Crippen LogP contribution in [-0.2, 0) is 4.79 Å². The Labute approximate surface area is 192 Å². The Morgan fingerprint density at radius 2 is 1.79 bits per heavy atom. The molecule has 0 spiro atoms. The fourth-order valence-electron chi connectivity index (χ4n) is 4.74. The van der Waals surface area contributed by atoms with Crippen LogP contribution in [-0.4, -0.2) is 41.3 Å². The number of benzene rings is 2. The molecule has 0 saturated carbocycles. The lowest BCUT2D eigenvalue weighted by Crippen LogP contribution is -2.43. The van der Waals surface area contributed by atoms with Crippen molar-refractivity contribution in [2.75, 3.05) is 19.6 Å². The van der Waals surface area contributed by atoms with Crippen molar-refractivity contribution in [2.24, 2.45) is 5.92 Å². The Morgan fingerprint density at radius 3 is 2.55 bits per heavy atom. The second-order valence-electron chi connectivity index (χ2n) is 8.58. The number of aromatic nitrogens is 1. The van der Waals surface area contributed by atoms with E-state index in [0.717, 1.165) is 5.52 Å². The molecule has 1 saturated heterocycles. The molecule has 0 bridgehead atoms. The number of aromatic amines is 1. The number of H-pyrrole nitrogens is 1. The van der Waals surface area contributed by atoms with Crippen LogP contribution in [0.1, 0.15) is 40.2 Å². The van der Waals surface area contributed by atoms with Crippen molar-refractivity contribution in [2.45, 2.75) is 18.8 Å². The zero-order chi connectivity index (χ0) is 22.6. The first-order chi connectivity index (χ1) is 16.2. The van der Waals surface area contributed by atoms with Gasteiger partial charge in [-0.05, 0) is 36.1 Å². The second kappa shape index (κ2) is 9.36. The lowest BCUT2D eigenvalue weighted by Gasteiger charge is -2.31. The van der Waals surface area contributed by atoms with Crippen molar-refractivity contribution >= 4 is 22.7 Å². The van der Waals surface area contributed by atoms with Gasteiger partial charge in [-0.1, -0.05) is 48.5 Å². The number of piperidine rings is 1. The molecular formula is C27H27N3O3. The van der Waals surface area contributed by atoms with Gasteiger partial charge in [-0.3, -0.25) is 9.59 Å². The first-order valence-electron chi connectivity index (χ1n) is 11.4. The first-order valence-corrected chi connectivity index (χ1v) is 11.4. The Morgan fingerprint density at radius 1 is 1.03 bits per heavy atom. The molecule has 1 fully saturated rings. The Bertz CT molecular complexity index is 1220. The zero-order valence-electron chi connectivity index (χ0n) is 18.4. The molecule has 6 nitrogen and oxygen atoms in total. The summed E-state index contributed by atoms with van der Waals surface area (Å²) in [4.78, 5) is 30.7. The van der Waals surface area contributed by atoms with Gasteiger partial charge in [0.1, 0.15) is 6.26 Å². The molecule has 5 rings (SSSR count). The van der Waals surface area contributed by atoms with Crippen molar-refractivity contribution < 1.29 is 14.0 Å². The molecular weight excluding hydrogens is 414 g/mol. The summed E-state index contributed by atoms with van der Waals surface area (Å²) in [6.45, 7) is 1.68. The molecule has 2 aromatic heterocycles. The Hall–Kier alpha value is -3.80. The average Bonchev–Trinajstić information content (AvgIpc) is 3.55. The number of carbonyl (C=O) groups is 2. The molecule has 33 heavy (non-hydrogen) atoms. The van der Waals surface area contributed by atoms with Crippen LogP contribution >= 0.6 is 0 Å². The maximum Gasteiger partial charge on any atom is 0.257 e. The highest BCUT2D eigenvalue weighted by atomic mass is 16.3. The van der Waals surface area contributed by atoms with E-state index in [1.165, 1.54) is 29.0 Å². The van der Waals surface area contributed by atoms with Crippen molar-refractivity contribution in [3.8, 4) is 0 Å². The summed E-state index contributed by atoms with van der Waals surface area (Å²) in [5, 5.41) is 4.38. The molecule has 2 amide bonds. The molecule has 2 N–H and O–H groups in total. The van der Waals surface area contributed by atoms with Crippen LogP contribution in [0.5, 0.6) is 0 Å². The lowest BCUT2D eigenvalue weighted by atomic mass is 9.90. The minimum absolute atomic E-state index is 0.0360. The quantitative estimate of drug-likeness (QED) is 0.460. The SMILES string of the molecule is O=C(NC[C@H](c1ccccc1)c1c[nH]c2ccccc12)C1CCN(C(=O)c2ccoc2)CC1. The van der Waals surface area contributed by atoms with Gasteiger partial charge in [-0.15, -0.1) is 0 Å². The smallest absolute Gasteiger partial charge is 0.257 e. The number of nitrogens with zero attached hydrogens (tertiary/aromatic N) is 1. The molecule has 1 aliphatic rings. The van der Waals surface area contributed by atoms with Gasteiger partial charge in [0.25, 0.3) is 5.91 Å². The molecule has 6 heteroatoms. The molecule has 2 aromatic carbocycles. The van der Waals surface area contributed by atoms with E-state index in [2.05, 4.69) is 40.8 Å². The van der Waals surface area contributed by atoms with E-state index >= 15 is 0 Å². The lowest BCUT2D eigenvalue weighted by molar-refractivity contribution is -0.126. The highest BCUT2D eigenvalue weighted by molar-refractivity contribution is 5.94. The fraction of sp³-hybridized carbons (Fsp3) is 0.259. The van der Waals surface area contributed by atoms with E-state index in [9.17, 15) is 9.59 Å². The summed E-state index contributed by atoms with van der Waals surface area (Å²) in [7, 11) is 0. The predicted molar refractivity (Wildman–Crippen MR) is 127 cm³/mol. The molecule has 0 aliphatic carbocycles. The molecule has 3 heterocycles. The standard InChI is InChI=1S/C27H27N3O3/c31-26(20-10-13-30(14-11-20)27(32)21-12-15-33-18-21)29-16-23(19-6-2-1-3-7-19)24-17-28-25-9-5-4-8-22(24)25/h1-9,12,15,17-18,20,23,28H,10-11,13-14,16H2,(H,29,31)/t23-/m1/s1. The Kier molecular flexibility index (Phi) is 5.98. The number of likely N-dealkylation sites (tertiary alicyclic amines) is 1. The fourth-order valence-corrected chi connectivity index (χ4v) is 4.74. The monoisotopic (exact) mass is 441 g/mol. The van der Waals surface area contributed by atoms with Gasteiger partial charge in [0.15, 0.2) is 0 Å². The normalized spacial score (nSPS) is 15.5. The maximum atomic E-state index is 13.0. The molecule has 1 aliphatic heterocycles. The van der Waals surface area contributed by atoms with E-state index in [1.54, 1.807) is 11.0 Å². The summed E-state index contributed by atoms with van der Waals surface area (Å²) >= 11 is 0. The number of hydrogen-bond donors (Lipinski definition) is 2. The van der Waals surface area contributed by atoms with E-state index in [1.807, 2.05) is 30.3 Å². The minimum atomic E-state index is -0.0854. The molecule has 168 valence electrons. The summed E-state index contributed by atoms with van der Waals surface area (Å²) < 4.78 is 5.02. The van der Waals surface area contributed by atoms with Crippen LogP contribution in [0.4, 0.5) is 0 Å². The highest BCUT2D eigenvalue weighted by Gasteiger charge is 2.29. The number of fused-ring (bicyclic) bond motifs is 1. The minimum Gasteiger partial charge on any atom is -0.472 e. The van der Waals surface area contributed by atoms with Crippen LogP contribution in [0.3, 0.4) is 0 Å². The molecule has 0 unspecified atom stereocenters. The Balaban J connectivity index is 1.25. The van der Waals surface area contributed by atoms with Crippen molar-refractivity contribution in [3.05, 3.63) is 96.1 Å². The van der Waals surface area contributed by atoms with Gasteiger partial charge < -0.3 is 19.6 Å². The largest absolute Gasteiger partial charge is 0.472 e. The number of amides is 2. The van der Waals surface area contributed by atoms with Gasteiger partial charge in [0, 0.05) is 48.6 Å². The van der Waals surface area contributed by atoms with E-state index in [-0.39, 0.29) is 23.7 Å². The molecule has 0 radical (unpaired) electrons. The number of nitrogens with one attached hydrogen (secondary N) is 2. The molecule has 1 atom stereocenters. The topological polar surface area (TPSA) is 78.3 Å².